The lowest BCUT2D eigenvalue weighted by Gasteiger charge is -2.30. The summed E-state index contributed by atoms with van der Waals surface area (Å²) in [6, 6.07) is 16.1. The molecule has 37 heavy (non-hydrogen) atoms. The third-order valence-electron chi connectivity index (χ3n) is 6.43. The van der Waals surface area contributed by atoms with Crippen molar-refractivity contribution in [1.29, 1.82) is 0 Å². The van der Waals surface area contributed by atoms with Gasteiger partial charge >= 0.3 is 0 Å². The van der Waals surface area contributed by atoms with E-state index in [4.69, 9.17) is 4.74 Å². The van der Waals surface area contributed by atoms with Gasteiger partial charge < -0.3 is 19.5 Å². The first kappa shape index (κ1) is 28.3. The fourth-order valence-corrected chi connectivity index (χ4v) is 4.43. The largest absolute Gasteiger partial charge is 0.494 e. The van der Waals surface area contributed by atoms with E-state index in [9.17, 15) is 9.59 Å². The smallest absolute Gasteiger partial charge is 0.242 e. The topological polar surface area (TPSA) is 65.6 Å². The third-order valence-corrected chi connectivity index (χ3v) is 6.43. The normalized spacial score (nSPS) is 11.5. The van der Waals surface area contributed by atoms with Crippen LogP contribution in [0.5, 0.6) is 5.75 Å². The Hall–Kier alpha value is -3.28. The number of carbonyl (C=O) groups excluding carboxylic acids is 2. The van der Waals surface area contributed by atoms with Crippen molar-refractivity contribution in [3.63, 3.8) is 0 Å². The summed E-state index contributed by atoms with van der Waals surface area (Å²) < 4.78 is 5.58. The Labute approximate surface area is 222 Å². The predicted octanol–water partition coefficient (Wildman–Crippen LogP) is 6.20. The van der Waals surface area contributed by atoms with Crippen LogP contribution in [0.25, 0.3) is 10.9 Å². The van der Waals surface area contributed by atoms with Crippen LogP contribution in [0.4, 0.5) is 0 Å². The van der Waals surface area contributed by atoms with Crippen LogP contribution >= 0.6 is 0 Å². The monoisotopic (exact) mass is 505 g/mol. The minimum Gasteiger partial charge on any atom is -0.494 e. The van der Waals surface area contributed by atoms with Gasteiger partial charge in [-0.25, -0.2) is 0 Å². The molecular formula is C31H43N3O3. The van der Waals surface area contributed by atoms with Crippen LogP contribution in [0.2, 0.25) is 0 Å². The van der Waals surface area contributed by atoms with Gasteiger partial charge in [-0.2, -0.15) is 0 Å². The van der Waals surface area contributed by atoms with Crippen LogP contribution in [-0.4, -0.2) is 52.8 Å². The van der Waals surface area contributed by atoms with E-state index in [0.717, 1.165) is 36.1 Å². The van der Waals surface area contributed by atoms with Gasteiger partial charge in [-0.05, 0) is 54.5 Å². The summed E-state index contributed by atoms with van der Waals surface area (Å²) in [6.07, 6.45) is 5.06. The number of para-hydroxylation sites is 1. The number of benzene rings is 2. The second kappa shape index (κ2) is 13.3. The standard InChI is InChI=1S/C31H43N3O3/c1-6-8-18-33(29(35)20-31(3,4)5)23-30(36)34(22-24-13-15-26(16-14-24)37-7-2)19-17-25-21-32-28-12-10-9-11-27(25)28/h9-16,21,32H,6-8,17-20,22-23H2,1-5H3. The number of fused-ring (bicyclic) bond motifs is 1. The highest BCUT2D eigenvalue weighted by Crippen LogP contribution is 2.22. The molecule has 3 rings (SSSR count). The molecule has 1 N–H and O–H groups in total. The van der Waals surface area contributed by atoms with Crippen LogP contribution in [0.1, 0.15) is 65.0 Å². The van der Waals surface area contributed by atoms with Crippen LogP contribution < -0.4 is 4.74 Å². The Bertz CT molecular complexity index is 1140. The molecule has 3 aromatic rings. The Morgan fingerprint density at radius 1 is 0.919 bits per heavy atom. The van der Waals surface area contributed by atoms with E-state index in [-0.39, 0.29) is 23.8 Å². The average molecular weight is 506 g/mol. The van der Waals surface area contributed by atoms with Crippen molar-refractivity contribution < 1.29 is 14.3 Å². The van der Waals surface area contributed by atoms with Crippen molar-refractivity contribution in [2.24, 2.45) is 5.41 Å². The van der Waals surface area contributed by atoms with Gasteiger partial charge in [-0.15, -0.1) is 0 Å². The van der Waals surface area contributed by atoms with E-state index in [0.29, 0.717) is 32.7 Å². The van der Waals surface area contributed by atoms with Crippen molar-refractivity contribution >= 4 is 22.7 Å². The molecule has 2 amide bonds. The Kier molecular flexibility index (Phi) is 10.2. The molecule has 0 unspecified atom stereocenters. The van der Waals surface area contributed by atoms with Gasteiger partial charge in [0.05, 0.1) is 13.2 Å². The summed E-state index contributed by atoms with van der Waals surface area (Å²) in [5.41, 5.74) is 3.20. The van der Waals surface area contributed by atoms with Crippen molar-refractivity contribution in [2.75, 3.05) is 26.2 Å². The third kappa shape index (κ3) is 8.66. The van der Waals surface area contributed by atoms with Crippen LogP contribution in [-0.2, 0) is 22.6 Å². The van der Waals surface area contributed by atoms with Gasteiger partial charge in [0, 0.05) is 43.2 Å². The fraction of sp³-hybridized carbons (Fsp3) is 0.484. The lowest BCUT2D eigenvalue weighted by molar-refractivity contribution is -0.142. The Balaban J connectivity index is 1.78. The number of hydrogen-bond donors (Lipinski definition) is 1. The molecule has 0 spiro atoms. The molecule has 200 valence electrons. The first-order chi connectivity index (χ1) is 17.7. The molecule has 2 aromatic carbocycles. The van der Waals surface area contributed by atoms with Crippen LogP contribution in [0.3, 0.4) is 0 Å². The molecule has 6 nitrogen and oxygen atoms in total. The number of H-pyrrole nitrogens is 1. The maximum Gasteiger partial charge on any atom is 0.242 e. The number of rotatable bonds is 13. The minimum absolute atomic E-state index is 0.0212. The Morgan fingerprint density at radius 3 is 2.32 bits per heavy atom. The van der Waals surface area contributed by atoms with Gasteiger partial charge in [0.1, 0.15) is 5.75 Å². The van der Waals surface area contributed by atoms with Gasteiger partial charge in [-0.1, -0.05) is 64.4 Å². The predicted molar refractivity (Wildman–Crippen MR) is 151 cm³/mol. The number of ether oxygens (including phenoxy) is 1. The number of carbonyl (C=O) groups is 2. The number of aromatic nitrogens is 1. The van der Waals surface area contributed by atoms with Gasteiger partial charge in [0.25, 0.3) is 0 Å². The molecule has 0 fully saturated rings. The second-order valence-corrected chi connectivity index (χ2v) is 10.9. The SMILES string of the molecule is CCCCN(CC(=O)N(CCc1c[nH]c2ccccc12)Cc1ccc(OCC)cc1)C(=O)CC(C)(C)C. The van der Waals surface area contributed by atoms with Gasteiger partial charge in [0.15, 0.2) is 0 Å². The quantitative estimate of drug-likeness (QED) is 0.301. The second-order valence-electron chi connectivity index (χ2n) is 10.9. The zero-order valence-corrected chi connectivity index (χ0v) is 23.2. The van der Waals surface area contributed by atoms with Crippen molar-refractivity contribution in [3.05, 3.63) is 65.9 Å². The lowest BCUT2D eigenvalue weighted by atomic mass is 9.91. The lowest BCUT2D eigenvalue weighted by Crippen LogP contribution is -2.44. The van der Waals surface area contributed by atoms with Crippen LogP contribution in [0, 0.1) is 5.41 Å². The average Bonchev–Trinajstić information content (AvgIpc) is 3.27. The van der Waals surface area contributed by atoms with Crippen molar-refractivity contribution in [2.45, 2.75) is 66.8 Å². The first-order valence-electron chi connectivity index (χ1n) is 13.5. The molecule has 6 heteroatoms. The van der Waals surface area contributed by atoms with E-state index in [1.54, 1.807) is 4.90 Å². The van der Waals surface area contributed by atoms with E-state index >= 15 is 0 Å². The van der Waals surface area contributed by atoms with Crippen molar-refractivity contribution in [3.8, 4) is 5.75 Å². The molecule has 0 saturated heterocycles. The zero-order valence-electron chi connectivity index (χ0n) is 23.2. The highest BCUT2D eigenvalue weighted by Gasteiger charge is 2.25. The fourth-order valence-electron chi connectivity index (χ4n) is 4.43. The highest BCUT2D eigenvalue weighted by molar-refractivity contribution is 5.85. The molecule has 1 heterocycles. The molecule has 0 saturated carbocycles. The number of hydrogen-bond acceptors (Lipinski definition) is 3. The van der Waals surface area contributed by atoms with E-state index < -0.39 is 0 Å². The molecular weight excluding hydrogens is 462 g/mol. The molecule has 0 radical (unpaired) electrons. The number of unbranched alkanes of at least 4 members (excludes halogenated alkanes) is 1. The van der Waals surface area contributed by atoms with Crippen LogP contribution in [0.15, 0.2) is 54.7 Å². The molecule has 0 aliphatic heterocycles. The summed E-state index contributed by atoms with van der Waals surface area (Å²) in [4.78, 5) is 33.8. The van der Waals surface area contributed by atoms with E-state index in [1.165, 1.54) is 10.9 Å². The minimum atomic E-state index is -0.123. The van der Waals surface area contributed by atoms with Gasteiger partial charge in [0.2, 0.25) is 11.8 Å². The van der Waals surface area contributed by atoms with E-state index in [1.807, 2.05) is 54.4 Å². The molecule has 0 aliphatic carbocycles. The van der Waals surface area contributed by atoms with Crippen molar-refractivity contribution in [1.82, 2.24) is 14.8 Å². The molecule has 0 aliphatic rings. The summed E-state index contributed by atoms with van der Waals surface area (Å²) in [7, 11) is 0. The summed E-state index contributed by atoms with van der Waals surface area (Å²) in [5.74, 6) is 0.848. The maximum absolute atomic E-state index is 13.7. The molecule has 1 aromatic heterocycles. The van der Waals surface area contributed by atoms with E-state index in [2.05, 4.69) is 44.8 Å². The maximum atomic E-state index is 13.7. The first-order valence-corrected chi connectivity index (χ1v) is 13.5. The number of nitrogens with one attached hydrogen (secondary N) is 1. The zero-order chi connectivity index (χ0) is 26.8. The summed E-state index contributed by atoms with van der Waals surface area (Å²) in [6.45, 7) is 12.6. The Morgan fingerprint density at radius 2 is 1.65 bits per heavy atom. The highest BCUT2D eigenvalue weighted by atomic mass is 16.5. The number of aromatic amines is 1. The number of amides is 2. The van der Waals surface area contributed by atoms with Gasteiger partial charge in [-0.3, -0.25) is 9.59 Å². The number of nitrogens with zero attached hydrogens (tertiary/aromatic N) is 2. The molecule has 0 bridgehead atoms. The summed E-state index contributed by atoms with van der Waals surface area (Å²) >= 11 is 0. The molecule has 0 atom stereocenters. The summed E-state index contributed by atoms with van der Waals surface area (Å²) in [5, 5.41) is 1.18.